The highest BCUT2D eigenvalue weighted by Crippen LogP contribution is 2.24. The summed E-state index contributed by atoms with van der Waals surface area (Å²) in [7, 11) is -2.79. The molecule has 1 rings (SSSR count). The molecular weight excluding hydrogens is 288 g/mol. The van der Waals surface area contributed by atoms with E-state index in [0.29, 0.717) is 26.4 Å². The highest BCUT2D eigenvalue weighted by molar-refractivity contribution is 6.62. The average molecular weight is 321 g/mol. The van der Waals surface area contributed by atoms with Gasteiger partial charge in [-0.3, -0.25) is 0 Å². The predicted molar refractivity (Wildman–Crippen MR) is 84.3 cm³/mol. The first-order chi connectivity index (χ1) is 10.2. The quantitative estimate of drug-likeness (QED) is 0.280. The van der Waals surface area contributed by atoms with Crippen LogP contribution < -0.4 is 0 Å². The Morgan fingerprint density at radius 1 is 1.00 bits per heavy atom. The van der Waals surface area contributed by atoms with Gasteiger partial charge in [-0.15, -0.1) is 0 Å². The zero-order valence-electron chi connectivity index (χ0n) is 14.1. The summed E-state index contributed by atoms with van der Waals surface area (Å²) in [5.74, 6) is 0. The molecule has 2 atom stereocenters. The molecule has 0 N–H and O–H groups in total. The van der Waals surface area contributed by atoms with E-state index in [1.165, 1.54) is 12.8 Å². The van der Waals surface area contributed by atoms with Gasteiger partial charge in [-0.1, -0.05) is 26.2 Å². The maximum absolute atomic E-state index is 6.10. The first-order valence-corrected chi connectivity index (χ1v) is 10.2. The van der Waals surface area contributed by atoms with Crippen molar-refractivity contribution >= 4 is 8.80 Å². The van der Waals surface area contributed by atoms with Crippen molar-refractivity contribution < 1.29 is 22.8 Å². The van der Waals surface area contributed by atoms with Crippen LogP contribution in [0.25, 0.3) is 0 Å². The van der Waals surface area contributed by atoms with Crippen LogP contribution in [0.3, 0.4) is 0 Å². The van der Waals surface area contributed by atoms with Crippen LogP contribution in [0.15, 0.2) is 0 Å². The second-order valence-electron chi connectivity index (χ2n) is 5.18. The van der Waals surface area contributed by atoms with Crippen molar-refractivity contribution in [2.45, 2.75) is 65.2 Å². The van der Waals surface area contributed by atoms with Gasteiger partial charge in [0.25, 0.3) is 0 Å². The number of epoxide rings is 1. The van der Waals surface area contributed by atoms with Gasteiger partial charge in [0.05, 0.1) is 13.2 Å². The molecular formula is C15H32O5Si. The van der Waals surface area contributed by atoms with Crippen LogP contribution in [0.4, 0.5) is 0 Å². The molecule has 0 radical (unpaired) electrons. The van der Waals surface area contributed by atoms with Crippen LogP contribution in [-0.4, -0.2) is 53.7 Å². The molecule has 0 bridgehead atoms. The van der Waals surface area contributed by atoms with E-state index in [1.807, 2.05) is 20.8 Å². The lowest BCUT2D eigenvalue weighted by atomic mass is 10.2. The molecule has 1 heterocycles. The van der Waals surface area contributed by atoms with Crippen LogP contribution in [0, 0.1) is 0 Å². The molecule has 1 fully saturated rings. The summed E-state index contributed by atoms with van der Waals surface area (Å²) in [6, 6.07) is 0. The molecule has 1 aliphatic heterocycles. The third-order valence-corrected chi connectivity index (χ3v) is 6.70. The van der Waals surface area contributed by atoms with Crippen LogP contribution in [0.2, 0.25) is 0 Å². The Morgan fingerprint density at radius 3 is 2.00 bits per heavy atom. The van der Waals surface area contributed by atoms with Crippen LogP contribution in [0.1, 0.15) is 53.4 Å². The number of ether oxygens (including phenoxy) is 2. The lowest BCUT2D eigenvalue weighted by Gasteiger charge is -2.35. The second-order valence-corrected chi connectivity index (χ2v) is 7.89. The normalized spacial score (nSPS) is 19.7. The van der Waals surface area contributed by atoms with E-state index in [0.717, 1.165) is 19.4 Å². The lowest BCUT2D eigenvalue weighted by Crippen LogP contribution is -2.58. The Kier molecular flexibility index (Phi) is 9.71. The van der Waals surface area contributed by atoms with Gasteiger partial charge in [-0.25, -0.2) is 0 Å². The number of hydrogen-bond acceptors (Lipinski definition) is 5. The molecule has 0 aromatic rings. The van der Waals surface area contributed by atoms with Crippen LogP contribution in [-0.2, 0) is 22.8 Å². The molecule has 21 heavy (non-hydrogen) atoms. The van der Waals surface area contributed by atoms with Gasteiger partial charge in [0.15, 0.2) is 0 Å². The minimum absolute atomic E-state index is 0.0897. The molecule has 0 aliphatic carbocycles. The maximum Gasteiger partial charge on any atom is 0.531 e. The molecule has 0 amide bonds. The van der Waals surface area contributed by atoms with Crippen LogP contribution >= 0.6 is 0 Å². The minimum atomic E-state index is -2.79. The van der Waals surface area contributed by atoms with Crippen molar-refractivity contribution in [3.8, 4) is 0 Å². The summed E-state index contributed by atoms with van der Waals surface area (Å²) in [4.78, 5) is 0. The van der Waals surface area contributed by atoms with Gasteiger partial charge in [0.2, 0.25) is 0 Å². The van der Waals surface area contributed by atoms with Gasteiger partial charge in [0.1, 0.15) is 11.8 Å². The fourth-order valence-electron chi connectivity index (χ4n) is 2.34. The fraction of sp³-hybridized carbons (Fsp3) is 1.00. The minimum Gasteiger partial charge on any atom is -0.372 e. The van der Waals surface area contributed by atoms with Gasteiger partial charge in [-0.05, 0) is 27.2 Å². The van der Waals surface area contributed by atoms with E-state index < -0.39 is 8.80 Å². The van der Waals surface area contributed by atoms with Crippen molar-refractivity contribution in [3.05, 3.63) is 0 Å². The average Bonchev–Trinajstić information content (AvgIpc) is 3.27. The monoisotopic (exact) mass is 320 g/mol. The van der Waals surface area contributed by atoms with Gasteiger partial charge < -0.3 is 22.8 Å². The summed E-state index contributed by atoms with van der Waals surface area (Å²) < 4.78 is 29.3. The topological polar surface area (TPSA) is 49.5 Å². The first-order valence-electron chi connectivity index (χ1n) is 8.37. The Morgan fingerprint density at radius 2 is 1.57 bits per heavy atom. The van der Waals surface area contributed by atoms with E-state index in [2.05, 4.69) is 6.92 Å². The van der Waals surface area contributed by atoms with E-state index >= 15 is 0 Å². The Labute approximate surface area is 130 Å². The second kappa shape index (κ2) is 10.7. The third kappa shape index (κ3) is 6.75. The predicted octanol–water partition coefficient (Wildman–Crippen LogP) is 2.94. The number of unbranched alkanes of at least 4 members (excludes halogenated alkanes) is 2. The van der Waals surface area contributed by atoms with Gasteiger partial charge >= 0.3 is 8.80 Å². The fourth-order valence-corrected chi connectivity index (χ4v) is 5.21. The maximum atomic E-state index is 6.10. The smallest absolute Gasteiger partial charge is 0.372 e. The van der Waals surface area contributed by atoms with Crippen molar-refractivity contribution in [1.82, 2.24) is 0 Å². The summed E-state index contributed by atoms with van der Waals surface area (Å²) in [5, 5.41) is 0. The lowest BCUT2D eigenvalue weighted by molar-refractivity contribution is -0.0171. The Balaban J connectivity index is 2.71. The third-order valence-electron chi connectivity index (χ3n) is 3.39. The first kappa shape index (κ1) is 19.1. The molecule has 6 heteroatoms. The highest BCUT2D eigenvalue weighted by atomic mass is 28.4. The largest absolute Gasteiger partial charge is 0.531 e. The standard InChI is InChI=1S/C15H32O5Si/c1-5-9-10-11-15(17-13-14-12-16-14)21(18-6-2,19-7-3)20-8-4/h14-15H,5-13H2,1-4H3. The van der Waals surface area contributed by atoms with Crippen molar-refractivity contribution in [1.29, 1.82) is 0 Å². The molecule has 1 saturated heterocycles. The summed E-state index contributed by atoms with van der Waals surface area (Å²) in [6.45, 7) is 11.3. The zero-order valence-corrected chi connectivity index (χ0v) is 15.1. The molecule has 0 aromatic carbocycles. The zero-order chi connectivity index (χ0) is 15.6. The molecule has 2 unspecified atom stereocenters. The van der Waals surface area contributed by atoms with Gasteiger partial charge in [0, 0.05) is 19.8 Å². The van der Waals surface area contributed by atoms with Crippen molar-refractivity contribution in [2.75, 3.05) is 33.0 Å². The van der Waals surface area contributed by atoms with Crippen molar-refractivity contribution in [2.24, 2.45) is 0 Å². The summed E-state index contributed by atoms with van der Waals surface area (Å²) in [6.07, 6.45) is 4.65. The highest BCUT2D eigenvalue weighted by Gasteiger charge is 2.50. The molecule has 5 nitrogen and oxygen atoms in total. The van der Waals surface area contributed by atoms with E-state index in [4.69, 9.17) is 22.8 Å². The van der Waals surface area contributed by atoms with E-state index in [9.17, 15) is 0 Å². The van der Waals surface area contributed by atoms with E-state index in [-0.39, 0.29) is 11.8 Å². The Hall–Kier alpha value is 0.0169. The number of hydrogen-bond donors (Lipinski definition) is 0. The summed E-state index contributed by atoms with van der Waals surface area (Å²) in [5.41, 5.74) is -0.0897. The molecule has 126 valence electrons. The Bertz CT molecular complexity index is 243. The SMILES string of the molecule is CCCCCC(OCC1CO1)[Si](OCC)(OCC)OCC. The van der Waals surface area contributed by atoms with Crippen LogP contribution in [0.5, 0.6) is 0 Å². The van der Waals surface area contributed by atoms with Gasteiger partial charge in [-0.2, -0.15) is 0 Å². The molecule has 0 aromatic heterocycles. The molecule has 0 spiro atoms. The summed E-state index contributed by atoms with van der Waals surface area (Å²) >= 11 is 0. The molecule has 1 aliphatic rings. The van der Waals surface area contributed by atoms with E-state index in [1.54, 1.807) is 0 Å². The molecule has 0 saturated carbocycles. The number of rotatable bonds is 14. The van der Waals surface area contributed by atoms with Crippen molar-refractivity contribution in [3.63, 3.8) is 0 Å².